The minimum Gasteiger partial charge on any atom is -0.481 e. The monoisotopic (exact) mass is 273 g/mol. The van der Waals surface area contributed by atoms with Crippen LogP contribution in [0.1, 0.15) is 12.0 Å². The summed E-state index contributed by atoms with van der Waals surface area (Å²) in [6.07, 6.45) is 0.277. The molecule has 0 aliphatic carbocycles. The zero-order valence-corrected chi connectivity index (χ0v) is 10.5. The largest absolute Gasteiger partial charge is 0.481 e. The van der Waals surface area contributed by atoms with Crippen LogP contribution in [0.15, 0.2) is 24.3 Å². The van der Waals surface area contributed by atoms with Crippen molar-refractivity contribution in [3.05, 3.63) is 29.8 Å². The van der Waals surface area contributed by atoms with Gasteiger partial charge in [-0.25, -0.2) is 0 Å². The van der Waals surface area contributed by atoms with Crippen LogP contribution in [0.2, 0.25) is 0 Å². The van der Waals surface area contributed by atoms with E-state index in [0.717, 1.165) is 5.69 Å². The van der Waals surface area contributed by atoms with Crippen LogP contribution >= 0.6 is 0 Å². The molecule has 0 saturated carbocycles. The topological polar surface area (TPSA) is 104 Å². The van der Waals surface area contributed by atoms with Crippen LogP contribution in [-0.4, -0.2) is 36.3 Å². The van der Waals surface area contributed by atoms with Gasteiger partial charge in [-0.05, 0) is 24.1 Å². The fraction of sp³-hybridized carbons (Fsp3) is 0.364. The number of anilines is 1. The zero-order valence-electron chi connectivity index (χ0n) is 9.67. The molecule has 0 spiro atoms. The second-order valence-electron chi connectivity index (χ2n) is 3.83. The molecule has 1 aromatic carbocycles. The summed E-state index contributed by atoms with van der Waals surface area (Å²) < 4.78 is 29.4. The number of hydrogen-bond acceptors (Lipinski definition) is 4. The molecule has 0 unspecified atom stereocenters. The normalized spacial score (nSPS) is 11.2. The molecule has 1 aromatic rings. The molecule has 0 radical (unpaired) electrons. The molecule has 3 N–H and O–H groups in total. The summed E-state index contributed by atoms with van der Waals surface area (Å²) in [5.74, 6) is -1.17. The number of aliphatic carboxylic acids is 1. The zero-order chi connectivity index (χ0) is 13.6. The van der Waals surface area contributed by atoms with Crippen LogP contribution in [0.5, 0.6) is 0 Å². The van der Waals surface area contributed by atoms with Crippen LogP contribution in [0, 0.1) is 0 Å². The molecule has 0 saturated heterocycles. The van der Waals surface area contributed by atoms with Crippen molar-refractivity contribution in [3.63, 3.8) is 0 Å². The Hall–Kier alpha value is -1.60. The SMILES string of the molecule is O=C(O)Cc1ccc(NCCCS(=O)(=O)O)cc1. The van der Waals surface area contributed by atoms with Gasteiger partial charge < -0.3 is 10.4 Å². The van der Waals surface area contributed by atoms with Gasteiger partial charge >= 0.3 is 5.97 Å². The lowest BCUT2D eigenvalue weighted by atomic mass is 10.1. The molecule has 0 fully saturated rings. The maximum atomic E-state index is 10.5. The fourth-order valence-corrected chi connectivity index (χ4v) is 1.91. The van der Waals surface area contributed by atoms with E-state index in [2.05, 4.69) is 5.32 Å². The smallest absolute Gasteiger partial charge is 0.307 e. The predicted molar refractivity (Wildman–Crippen MR) is 67.3 cm³/mol. The number of hydrogen-bond donors (Lipinski definition) is 3. The summed E-state index contributed by atoms with van der Waals surface area (Å²) in [5, 5.41) is 11.6. The lowest BCUT2D eigenvalue weighted by Crippen LogP contribution is -2.10. The van der Waals surface area contributed by atoms with E-state index in [1.54, 1.807) is 24.3 Å². The second-order valence-corrected chi connectivity index (χ2v) is 5.41. The van der Waals surface area contributed by atoms with Gasteiger partial charge in [0.2, 0.25) is 0 Å². The van der Waals surface area contributed by atoms with Crippen molar-refractivity contribution in [2.75, 3.05) is 17.6 Å². The van der Waals surface area contributed by atoms with Gasteiger partial charge in [-0.1, -0.05) is 12.1 Å². The Bertz CT molecular complexity index is 495. The first-order chi connectivity index (χ1) is 8.37. The van der Waals surface area contributed by atoms with E-state index in [4.69, 9.17) is 9.66 Å². The minimum absolute atomic E-state index is 0.0248. The summed E-state index contributed by atoms with van der Waals surface area (Å²) in [6.45, 7) is 0.415. The Morgan fingerprint density at radius 1 is 1.22 bits per heavy atom. The van der Waals surface area contributed by atoms with Crippen molar-refractivity contribution >= 4 is 21.8 Å². The number of carboxylic acid groups (broad SMARTS) is 1. The molecular weight excluding hydrogens is 258 g/mol. The lowest BCUT2D eigenvalue weighted by molar-refractivity contribution is -0.136. The van der Waals surface area contributed by atoms with Crippen LogP contribution in [0.25, 0.3) is 0 Å². The van der Waals surface area contributed by atoms with Gasteiger partial charge in [-0.2, -0.15) is 8.42 Å². The van der Waals surface area contributed by atoms with E-state index >= 15 is 0 Å². The van der Waals surface area contributed by atoms with E-state index in [0.29, 0.717) is 18.5 Å². The van der Waals surface area contributed by atoms with Gasteiger partial charge in [-0.3, -0.25) is 9.35 Å². The first kappa shape index (κ1) is 14.5. The molecule has 0 aliphatic heterocycles. The molecule has 6 nitrogen and oxygen atoms in total. The molecule has 0 aliphatic rings. The molecule has 100 valence electrons. The van der Waals surface area contributed by atoms with E-state index in [-0.39, 0.29) is 12.2 Å². The van der Waals surface area contributed by atoms with Crippen LogP contribution in [-0.2, 0) is 21.3 Å². The van der Waals surface area contributed by atoms with E-state index in [9.17, 15) is 13.2 Å². The van der Waals surface area contributed by atoms with E-state index < -0.39 is 16.1 Å². The molecule has 0 aromatic heterocycles. The second kappa shape index (κ2) is 6.36. The highest BCUT2D eigenvalue weighted by molar-refractivity contribution is 7.85. The van der Waals surface area contributed by atoms with Crippen molar-refractivity contribution in [1.29, 1.82) is 0 Å². The van der Waals surface area contributed by atoms with Gasteiger partial charge in [-0.15, -0.1) is 0 Å². The van der Waals surface area contributed by atoms with Crippen LogP contribution < -0.4 is 5.32 Å². The molecule has 0 atom stereocenters. The summed E-state index contributed by atoms with van der Waals surface area (Å²) in [7, 11) is -3.90. The average molecular weight is 273 g/mol. The maximum Gasteiger partial charge on any atom is 0.307 e. The van der Waals surface area contributed by atoms with Crippen molar-refractivity contribution < 1.29 is 22.9 Å². The predicted octanol–water partition coefficient (Wildman–Crippen LogP) is 1.00. The lowest BCUT2D eigenvalue weighted by Gasteiger charge is -2.06. The Labute approximate surface area is 105 Å². The van der Waals surface area contributed by atoms with Gasteiger partial charge in [0, 0.05) is 12.2 Å². The minimum atomic E-state index is -3.90. The molecule has 7 heteroatoms. The Kier molecular flexibility index (Phi) is 5.11. The third kappa shape index (κ3) is 6.21. The standard InChI is InChI=1S/C11H15NO5S/c13-11(14)8-9-2-4-10(5-3-9)12-6-1-7-18(15,16)17/h2-5,12H,1,6-8H2,(H,13,14)(H,15,16,17). The molecule has 1 rings (SSSR count). The van der Waals surface area contributed by atoms with E-state index in [1.165, 1.54) is 0 Å². The molecule has 0 heterocycles. The summed E-state index contributed by atoms with van der Waals surface area (Å²) >= 11 is 0. The number of rotatable bonds is 7. The average Bonchev–Trinajstić information content (AvgIpc) is 2.24. The highest BCUT2D eigenvalue weighted by Gasteiger charge is 2.03. The van der Waals surface area contributed by atoms with Gasteiger partial charge in [0.05, 0.1) is 12.2 Å². The fourth-order valence-electron chi connectivity index (χ4n) is 1.40. The van der Waals surface area contributed by atoms with Crippen LogP contribution in [0.4, 0.5) is 5.69 Å². The van der Waals surface area contributed by atoms with Gasteiger partial charge in [0.1, 0.15) is 0 Å². The van der Waals surface area contributed by atoms with Crippen molar-refractivity contribution in [3.8, 4) is 0 Å². The number of benzene rings is 1. The van der Waals surface area contributed by atoms with Crippen LogP contribution in [0.3, 0.4) is 0 Å². The van der Waals surface area contributed by atoms with Gasteiger partial charge in [0.25, 0.3) is 10.1 Å². The molecule has 0 amide bonds. The maximum absolute atomic E-state index is 10.5. The number of carbonyl (C=O) groups is 1. The first-order valence-electron chi connectivity index (χ1n) is 5.36. The molecule has 0 bridgehead atoms. The first-order valence-corrected chi connectivity index (χ1v) is 6.97. The highest BCUT2D eigenvalue weighted by atomic mass is 32.2. The number of carboxylic acids is 1. The van der Waals surface area contributed by atoms with Crippen molar-refractivity contribution in [2.24, 2.45) is 0 Å². The number of nitrogens with one attached hydrogen (secondary N) is 1. The highest BCUT2D eigenvalue weighted by Crippen LogP contribution is 2.10. The Morgan fingerprint density at radius 3 is 2.33 bits per heavy atom. The van der Waals surface area contributed by atoms with E-state index in [1.807, 2.05) is 0 Å². The summed E-state index contributed by atoms with van der Waals surface area (Å²) in [6, 6.07) is 6.84. The summed E-state index contributed by atoms with van der Waals surface area (Å²) in [4.78, 5) is 10.5. The Morgan fingerprint density at radius 2 is 1.83 bits per heavy atom. The Balaban J connectivity index is 2.37. The quantitative estimate of drug-likeness (QED) is 0.506. The third-order valence-electron chi connectivity index (χ3n) is 2.22. The van der Waals surface area contributed by atoms with Crippen molar-refractivity contribution in [2.45, 2.75) is 12.8 Å². The summed E-state index contributed by atoms with van der Waals surface area (Å²) in [5.41, 5.74) is 1.48. The van der Waals surface area contributed by atoms with Crippen molar-refractivity contribution in [1.82, 2.24) is 0 Å². The molecule has 18 heavy (non-hydrogen) atoms. The molecular formula is C11H15NO5S. The third-order valence-corrected chi connectivity index (χ3v) is 3.02. The van der Waals surface area contributed by atoms with Gasteiger partial charge in [0.15, 0.2) is 0 Å².